The molecule has 0 unspecified atom stereocenters. The SMILES string of the molecule is C[C@@H](/C=C/CC(=O)N1Cc2ccccc2C[C@H]1CO)[C@]1(O)C(=O)N(Cc2cccc(N3CCC3=O)c2)c2ccc([N+](=O)[O-])cc21. The molecule has 45 heavy (non-hydrogen) atoms. The first-order valence-electron chi connectivity index (χ1n) is 15.0. The van der Waals surface area contributed by atoms with Gasteiger partial charge in [0.2, 0.25) is 11.8 Å². The Morgan fingerprint density at radius 1 is 1.11 bits per heavy atom. The molecule has 232 valence electrons. The average Bonchev–Trinajstić information content (AvgIpc) is 3.25. The highest BCUT2D eigenvalue weighted by molar-refractivity contribution is 6.07. The van der Waals surface area contributed by atoms with Gasteiger partial charge in [0.25, 0.3) is 11.6 Å². The summed E-state index contributed by atoms with van der Waals surface area (Å²) in [7, 11) is 0. The standard InChI is InChI=1S/C34H34N4O7/c1-22(6-4-11-31(40)36-20-25-9-3-2-8-24(25)17-28(36)21-39)34(43)29-18-27(38(44)45)12-13-30(29)37(33(34)42)19-23-7-5-10-26(16-23)35-15-14-32(35)41/h2-10,12-13,16,18,22,28,39,43H,11,14-15,17,19-21H2,1H3/b6-4+/t22-,28-,34+/m0/s1. The van der Waals surface area contributed by atoms with Gasteiger partial charge in [-0.25, -0.2) is 0 Å². The zero-order chi connectivity index (χ0) is 31.9. The summed E-state index contributed by atoms with van der Waals surface area (Å²) in [4.78, 5) is 55.0. The second-order valence-electron chi connectivity index (χ2n) is 11.8. The topological polar surface area (TPSA) is 145 Å². The number of nitrogens with zero attached hydrogens (tertiary/aromatic N) is 4. The van der Waals surface area contributed by atoms with Crippen LogP contribution in [0.1, 0.15) is 42.0 Å². The van der Waals surface area contributed by atoms with Gasteiger partial charge in [0, 0.05) is 55.2 Å². The molecule has 3 aromatic rings. The number of non-ortho nitro benzene ring substituents is 1. The number of aliphatic hydroxyl groups is 2. The molecule has 2 N–H and O–H groups in total. The number of β-lactam (4-membered cyclic amide) rings is 1. The lowest BCUT2D eigenvalue weighted by Crippen LogP contribution is -2.46. The van der Waals surface area contributed by atoms with E-state index >= 15 is 0 Å². The number of carbonyl (C=O) groups is 3. The number of nitro groups is 1. The summed E-state index contributed by atoms with van der Waals surface area (Å²) in [6.45, 7) is 2.54. The first-order chi connectivity index (χ1) is 21.6. The van der Waals surface area contributed by atoms with Gasteiger partial charge in [-0.2, -0.15) is 0 Å². The van der Waals surface area contributed by atoms with Crippen LogP contribution in [0.15, 0.2) is 78.9 Å². The minimum atomic E-state index is -2.12. The smallest absolute Gasteiger partial charge is 0.269 e. The van der Waals surface area contributed by atoms with Crippen LogP contribution in [0.25, 0.3) is 0 Å². The highest BCUT2D eigenvalue weighted by atomic mass is 16.6. The highest BCUT2D eigenvalue weighted by Crippen LogP contribution is 2.47. The lowest BCUT2D eigenvalue weighted by Gasteiger charge is -2.36. The van der Waals surface area contributed by atoms with Crippen LogP contribution in [-0.2, 0) is 39.5 Å². The summed E-state index contributed by atoms with van der Waals surface area (Å²) in [5.74, 6) is -1.66. The number of nitro benzene ring substituents is 1. The van der Waals surface area contributed by atoms with Gasteiger partial charge in [-0.3, -0.25) is 24.5 Å². The second kappa shape index (κ2) is 11.9. The van der Waals surface area contributed by atoms with Gasteiger partial charge in [-0.15, -0.1) is 0 Å². The molecule has 6 rings (SSSR count). The molecule has 1 fully saturated rings. The number of benzene rings is 3. The first-order valence-corrected chi connectivity index (χ1v) is 15.0. The Hall–Kier alpha value is -4.87. The van der Waals surface area contributed by atoms with E-state index in [1.807, 2.05) is 42.5 Å². The number of aliphatic hydroxyl groups excluding tert-OH is 1. The van der Waals surface area contributed by atoms with Crippen molar-refractivity contribution in [3.63, 3.8) is 0 Å². The van der Waals surface area contributed by atoms with Gasteiger partial charge in [0.15, 0.2) is 5.60 Å². The van der Waals surface area contributed by atoms with Crippen molar-refractivity contribution in [2.45, 2.75) is 50.9 Å². The lowest BCUT2D eigenvalue weighted by molar-refractivity contribution is -0.385. The predicted molar refractivity (Wildman–Crippen MR) is 166 cm³/mol. The number of hydrogen-bond donors (Lipinski definition) is 2. The summed E-state index contributed by atoms with van der Waals surface area (Å²) in [6.07, 6.45) is 4.21. The third-order valence-electron chi connectivity index (χ3n) is 9.14. The van der Waals surface area contributed by atoms with Crippen LogP contribution >= 0.6 is 0 Å². The zero-order valence-corrected chi connectivity index (χ0v) is 24.8. The monoisotopic (exact) mass is 610 g/mol. The van der Waals surface area contributed by atoms with Gasteiger partial charge < -0.3 is 24.9 Å². The molecule has 1 saturated heterocycles. The molecular weight excluding hydrogens is 576 g/mol. The molecule has 11 heteroatoms. The third kappa shape index (κ3) is 5.38. The fourth-order valence-electron chi connectivity index (χ4n) is 6.47. The minimum Gasteiger partial charge on any atom is -0.394 e. The Morgan fingerprint density at radius 3 is 2.58 bits per heavy atom. The Balaban J connectivity index is 1.23. The van der Waals surface area contributed by atoms with Crippen LogP contribution in [-0.4, -0.2) is 57.0 Å². The predicted octanol–water partition coefficient (Wildman–Crippen LogP) is 3.59. The molecule has 0 saturated carbocycles. The molecule has 0 radical (unpaired) electrons. The number of rotatable bonds is 9. The molecule has 0 aromatic heterocycles. The van der Waals surface area contributed by atoms with Gasteiger partial charge >= 0.3 is 0 Å². The first kappa shape index (κ1) is 30.2. The molecule has 3 amide bonds. The van der Waals surface area contributed by atoms with Gasteiger partial charge in [-0.05, 0) is 41.3 Å². The molecule has 3 aromatic carbocycles. The average molecular weight is 611 g/mol. The number of fused-ring (bicyclic) bond motifs is 2. The maximum absolute atomic E-state index is 14.0. The number of anilines is 2. The van der Waals surface area contributed by atoms with Crippen molar-refractivity contribution in [3.05, 3.63) is 111 Å². The van der Waals surface area contributed by atoms with E-state index in [-0.39, 0.29) is 48.7 Å². The molecule has 3 atom stereocenters. The normalized spacial score (nSPS) is 21.5. The van der Waals surface area contributed by atoms with Gasteiger partial charge in [-0.1, -0.05) is 55.5 Å². The molecule has 0 bridgehead atoms. The summed E-state index contributed by atoms with van der Waals surface area (Å²) in [6, 6.07) is 18.7. The number of hydrogen-bond acceptors (Lipinski definition) is 7. The van der Waals surface area contributed by atoms with Crippen LogP contribution in [0, 0.1) is 16.0 Å². The van der Waals surface area contributed by atoms with Gasteiger partial charge in [0.1, 0.15) is 0 Å². The fourth-order valence-corrected chi connectivity index (χ4v) is 6.47. The second-order valence-corrected chi connectivity index (χ2v) is 11.8. The summed E-state index contributed by atoms with van der Waals surface area (Å²) >= 11 is 0. The quantitative estimate of drug-likeness (QED) is 0.163. The largest absolute Gasteiger partial charge is 0.394 e. The van der Waals surface area contributed by atoms with Crippen LogP contribution < -0.4 is 9.80 Å². The van der Waals surface area contributed by atoms with Gasteiger partial charge in [0.05, 0.1) is 29.8 Å². The molecular formula is C34H34N4O7. The molecule has 0 aliphatic carbocycles. The maximum Gasteiger partial charge on any atom is 0.269 e. The van der Waals surface area contributed by atoms with Crippen molar-refractivity contribution in [1.29, 1.82) is 0 Å². The minimum absolute atomic E-state index is 0.0131. The van der Waals surface area contributed by atoms with E-state index in [4.69, 9.17) is 0 Å². The van der Waals surface area contributed by atoms with Crippen LogP contribution in [0.4, 0.5) is 17.1 Å². The van der Waals surface area contributed by atoms with E-state index in [9.17, 15) is 34.7 Å². The van der Waals surface area contributed by atoms with Crippen LogP contribution in [0.2, 0.25) is 0 Å². The van der Waals surface area contributed by atoms with Crippen molar-refractivity contribution < 1.29 is 29.5 Å². The van der Waals surface area contributed by atoms with E-state index in [1.165, 1.54) is 23.1 Å². The molecule has 3 aliphatic rings. The maximum atomic E-state index is 14.0. The number of carbonyl (C=O) groups excluding carboxylic acids is 3. The summed E-state index contributed by atoms with van der Waals surface area (Å²) < 4.78 is 0. The van der Waals surface area contributed by atoms with E-state index in [0.29, 0.717) is 31.6 Å². The Morgan fingerprint density at radius 2 is 1.89 bits per heavy atom. The van der Waals surface area contributed by atoms with Crippen molar-refractivity contribution in [2.75, 3.05) is 23.0 Å². The van der Waals surface area contributed by atoms with Crippen molar-refractivity contribution in [3.8, 4) is 0 Å². The summed E-state index contributed by atoms with van der Waals surface area (Å²) in [5, 5.41) is 33.6. The summed E-state index contributed by atoms with van der Waals surface area (Å²) in [5.41, 5.74) is 1.67. The van der Waals surface area contributed by atoms with Crippen molar-refractivity contribution in [2.24, 2.45) is 5.92 Å². The molecule has 3 aliphatic heterocycles. The van der Waals surface area contributed by atoms with E-state index in [2.05, 4.69) is 0 Å². The lowest BCUT2D eigenvalue weighted by atomic mass is 9.82. The third-order valence-corrected chi connectivity index (χ3v) is 9.14. The van der Waals surface area contributed by atoms with E-state index in [1.54, 1.807) is 34.9 Å². The molecule has 3 heterocycles. The van der Waals surface area contributed by atoms with E-state index < -0.39 is 22.3 Å². The Bertz CT molecular complexity index is 1720. The van der Waals surface area contributed by atoms with Crippen LogP contribution in [0.5, 0.6) is 0 Å². The van der Waals surface area contributed by atoms with Crippen molar-refractivity contribution in [1.82, 2.24) is 4.90 Å². The Labute approximate surface area is 260 Å². The van der Waals surface area contributed by atoms with Crippen molar-refractivity contribution >= 4 is 34.8 Å². The number of amides is 3. The molecule has 0 spiro atoms. The fraction of sp³-hybridized carbons (Fsp3) is 0.324. The van der Waals surface area contributed by atoms with E-state index in [0.717, 1.165) is 22.4 Å². The Kier molecular flexibility index (Phi) is 7.98. The zero-order valence-electron chi connectivity index (χ0n) is 24.8. The van der Waals surface area contributed by atoms with Crippen LogP contribution in [0.3, 0.4) is 0 Å². The highest BCUT2D eigenvalue weighted by Gasteiger charge is 2.53. The molecule has 11 nitrogen and oxygen atoms in total.